The van der Waals surface area contributed by atoms with Gasteiger partial charge in [-0.1, -0.05) is 30.3 Å². The van der Waals surface area contributed by atoms with E-state index in [9.17, 15) is 13.2 Å². The van der Waals surface area contributed by atoms with Crippen LogP contribution in [0.5, 0.6) is 11.5 Å². The molecule has 28 heavy (non-hydrogen) atoms. The lowest BCUT2D eigenvalue weighted by Crippen LogP contribution is -2.41. The number of nitrogens with one attached hydrogen (secondary N) is 1. The summed E-state index contributed by atoms with van der Waals surface area (Å²) < 4.78 is 37.1. The van der Waals surface area contributed by atoms with Gasteiger partial charge in [-0.15, -0.1) is 0 Å². The Balaban J connectivity index is 1.44. The molecule has 0 bridgehead atoms. The third-order valence-electron chi connectivity index (χ3n) is 4.58. The number of hydrogen-bond donors (Lipinski definition) is 1. The zero-order valence-corrected chi connectivity index (χ0v) is 16.6. The summed E-state index contributed by atoms with van der Waals surface area (Å²) in [5.74, 6) is 0.628. The Kier molecular flexibility index (Phi) is 6.53. The molecular weight excluding hydrogens is 380 g/mol. The van der Waals surface area contributed by atoms with Crippen LogP contribution in [0.1, 0.15) is 11.1 Å². The molecule has 3 rings (SSSR count). The van der Waals surface area contributed by atoms with Crippen LogP contribution >= 0.6 is 0 Å². The van der Waals surface area contributed by atoms with E-state index >= 15 is 0 Å². The van der Waals surface area contributed by atoms with Gasteiger partial charge < -0.3 is 14.8 Å². The predicted molar refractivity (Wildman–Crippen MR) is 106 cm³/mol. The van der Waals surface area contributed by atoms with Crippen molar-refractivity contribution in [1.29, 1.82) is 0 Å². The van der Waals surface area contributed by atoms with Crippen molar-refractivity contribution in [3.8, 4) is 11.5 Å². The molecular formula is C20H24N2O5S. The third-order valence-corrected chi connectivity index (χ3v) is 6.40. The van der Waals surface area contributed by atoms with Crippen molar-refractivity contribution in [3.63, 3.8) is 0 Å². The SMILES string of the molecule is COc1cccc(OCC(=O)NCCS(=O)(=O)N2CCc3ccccc3C2)c1. The zero-order chi connectivity index (χ0) is 20.0. The Labute approximate surface area is 165 Å². The number of hydrogen-bond acceptors (Lipinski definition) is 5. The van der Waals surface area contributed by atoms with Crippen LogP contribution in [0.3, 0.4) is 0 Å². The molecule has 1 heterocycles. The van der Waals surface area contributed by atoms with Crippen LogP contribution in [0.2, 0.25) is 0 Å². The largest absolute Gasteiger partial charge is 0.497 e. The molecule has 0 unspecified atom stereocenters. The first-order valence-corrected chi connectivity index (χ1v) is 10.7. The number of benzene rings is 2. The number of fused-ring (bicyclic) bond motifs is 1. The van der Waals surface area contributed by atoms with Gasteiger partial charge in [-0.25, -0.2) is 8.42 Å². The van der Waals surface area contributed by atoms with Crippen LogP contribution in [-0.2, 0) is 27.8 Å². The molecule has 7 nitrogen and oxygen atoms in total. The topological polar surface area (TPSA) is 84.9 Å². The summed E-state index contributed by atoms with van der Waals surface area (Å²) in [5.41, 5.74) is 2.23. The van der Waals surface area contributed by atoms with E-state index < -0.39 is 10.0 Å². The maximum absolute atomic E-state index is 12.6. The van der Waals surface area contributed by atoms with Gasteiger partial charge in [-0.05, 0) is 29.7 Å². The van der Waals surface area contributed by atoms with Crippen molar-refractivity contribution >= 4 is 15.9 Å². The molecule has 2 aromatic rings. The Hall–Kier alpha value is -2.58. The summed E-state index contributed by atoms with van der Waals surface area (Å²) in [5, 5.41) is 2.59. The van der Waals surface area contributed by atoms with Crippen LogP contribution < -0.4 is 14.8 Å². The number of carbonyl (C=O) groups excluding carboxylic acids is 1. The van der Waals surface area contributed by atoms with Gasteiger partial charge in [0.15, 0.2) is 6.61 Å². The Morgan fingerprint density at radius 1 is 1.11 bits per heavy atom. The molecule has 8 heteroatoms. The quantitative estimate of drug-likeness (QED) is 0.722. The first-order valence-electron chi connectivity index (χ1n) is 9.06. The molecule has 1 aliphatic heterocycles. The molecule has 0 aliphatic carbocycles. The summed E-state index contributed by atoms with van der Waals surface area (Å²) in [6.45, 7) is 0.697. The van der Waals surface area contributed by atoms with Crippen molar-refractivity contribution in [1.82, 2.24) is 9.62 Å². The number of nitrogens with zero attached hydrogens (tertiary/aromatic N) is 1. The van der Waals surface area contributed by atoms with E-state index in [4.69, 9.17) is 9.47 Å². The first-order chi connectivity index (χ1) is 13.5. The Bertz CT molecular complexity index is 930. The molecule has 0 saturated carbocycles. The van der Waals surface area contributed by atoms with E-state index in [1.165, 1.54) is 9.87 Å². The highest BCUT2D eigenvalue weighted by atomic mass is 32.2. The van der Waals surface area contributed by atoms with Gasteiger partial charge in [0.2, 0.25) is 10.0 Å². The number of sulfonamides is 1. The summed E-state index contributed by atoms with van der Waals surface area (Å²) in [6.07, 6.45) is 0.705. The van der Waals surface area contributed by atoms with Crippen LogP contribution in [0.4, 0.5) is 0 Å². The fourth-order valence-electron chi connectivity index (χ4n) is 3.05. The van der Waals surface area contributed by atoms with E-state index in [1.54, 1.807) is 31.4 Å². The van der Waals surface area contributed by atoms with Gasteiger partial charge in [-0.2, -0.15) is 4.31 Å². The summed E-state index contributed by atoms with van der Waals surface area (Å²) >= 11 is 0. The van der Waals surface area contributed by atoms with Gasteiger partial charge in [0.05, 0.1) is 12.9 Å². The molecule has 1 N–H and O–H groups in total. The Morgan fingerprint density at radius 3 is 2.64 bits per heavy atom. The maximum atomic E-state index is 12.6. The maximum Gasteiger partial charge on any atom is 0.257 e. The molecule has 0 atom stereocenters. The average Bonchev–Trinajstić information content (AvgIpc) is 2.72. The second-order valence-electron chi connectivity index (χ2n) is 6.49. The average molecular weight is 404 g/mol. The standard InChI is InChI=1S/C20H24N2O5S/c1-26-18-7-4-8-19(13-18)27-15-20(23)21-10-12-28(24,25)22-11-9-16-5-2-3-6-17(16)14-22/h2-8,13H,9-12,14-15H2,1H3,(H,21,23). The van der Waals surface area contributed by atoms with Gasteiger partial charge in [0, 0.05) is 25.7 Å². The molecule has 1 aliphatic rings. The molecule has 0 radical (unpaired) electrons. The second-order valence-corrected chi connectivity index (χ2v) is 8.57. The van der Waals surface area contributed by atoms with E-state index in [0.717, 1.165) is 5.56 Å². The van der Waals surface area contributed by atoms with Gasteiger partial charge in [0.1, 0.15) is 11.5 Å². The van der Waals surface area contributed by atoms with Crippen molar-refractivity contribution < 1.29 is 22.7 Å². The summed E-state index contributed by atoms with van der Waals surface area (Å²) in [4.78, 5) is 11.9. The minimum atomic E-state index is -3.44. The molecule has 150 valence electrons. The summed E-state index contributed by atoms with van der Waals surface area (Å²) in [7, 11) is -1.89. The molecule has 2 aromatic carbocycles. The van der Waals surface area contributed by atoms with Crippen molar-refractivity contribution in [2.24, 2.45) is 0 Å². The Morgan fingerprint density at radius 2 is 1.86 bits per heavy atom. The molecule has 0 spiro atoms. The molecule has 1 amide bonds. The van der Waals surface area contributed by atoms with E-state index in [1.807, 2.05) is 24.3 Å². The monoisotopic (exact) mass is 404 g/mol. The minimum Gasteiger partial charge on any atom is -0.497 e. The fourth-order valence-corrected chi connectivity index (χ4v) is 4.37. The number of methoxy groups -OCH3 is 1. The lowest BCUT2D eigenvalue weighted by molar-refractivity contribution is -0.122. The van der Waals surface area contributed by atoms with E-state index in [2.05, 4.69) is 5.32 Å². The zero-order valence-electron chi connectivity index (χ0n) is 15.8. The predicted octanol–water partition coefficient (Wildman–Crippen LogP) is 1.58. The highest BCUT2D eigenvalue weighted by Gasteiger charge is 2.26. The molecule has 0 fully saturated rings. The highest BCUT2D eigenvalue weighted by Crippen LogP contribution is 2.21. The van der Waals surface area contributed by atoms with Crippen LogP contribution in [0.25, 0.3) is 0 Å². The second kappa shape index (κ2) is 9.07. The number of ether oxygens (including phenoxy) is 2. The first kappa shape index (κ1) is 20.2. The van der Waals surface area contributed by atoms with Crippen LogP contribution in [0.15, 0.2) is 48.5 Å². The van der Waals surface area contributed by atoms with Crippen LogP contribution in [0, 0.1) is 0 Å². The normalized spacial score (nSPS) is 14.2. The molecule has 0 aromatic heterocycles. The van der Waals surface area contributed by atoms with Gasteiger partial charge >= 0.3 is 0 Å². The lowest BCUT2D eigenvalue weighted by atomic mass is 10.0. The van der Waals surface area contributed by atoms with Crippen molar-refractivity contribution in [3.05, 3.63) is 59.7 Å². The third kappa shape index (κ3) is 5.24. The number of amides is 1. The highest BCUT2D eigenvalue weighted by molar-refractivity contribution is 7.89. The number of rotatable bonds is 8. The number of carbonyl (C=O) groups is 1. The van der Waals surface area contributed by atoms with Crippen molar-refractivity contribution in [2.45, 2.75) is 13.0 Å². The van der Waals surface area contributed by atoms with Gasteiger partial charge in [0.25, 0.3) is 5.91 Å². The molecule has 0 saturated heterocycles. The lowest BCUT2D eigenvalue weighted by Gasteiger charge is -2.28. The van der Waals surface area contributed by atoms with E-state index in [0.29, 0.717) is 31.0 Å². The van der Waals surface area contributed by atoms with Crippen molar-refractivity contribution in [2.75, 3.05) is 32.6 Å². The van der Waals surface area contributed by atoms with Gasteiger partial charge in [-0.3, -0.25) is 4.79 Å². The summed E-state index contributed by atoms with van der Waals surface area (Å²) in [6, 6.07) is 14.8. The minimum absolute atomic E-state index is 0.0424. The fraction of sp³-hybridized carbons (Fsp3) is 0.350. The smallest absolute Gasteiger partial charge is 0.257 e. The van der Waals surface area contributed by atoms with E-state index in [-0.39, 0.29) is 24.8 Å². The van der Waals surface area contributed by atoms with Crippen LogP contribution in [-0.4, -0.2) is 51.2 Å².